The number of aromatic nitrogens is 2. The lowest BCUT2D eigenvalue weighted by atomic mass is 10.2. The average Bonchev–Trinajstić information content (AvgIpc) is 2.36. The van der Waals surface area contributed by atoms with Crippen molar-refractivity contribution in [3.8, 4) is 5.75 Å². The van der Waals surface area contributed by atoms with Gasteiger partial charge in [-0.1, -0.05) is 11.6 Å². The fraction of sp³-hybridized carbons (Fsp3) is 0.385. The molecule has 2 aromatic rings. The topological polar surface area (TPSA) is 52.1 Å². The zero-order valence-electron chi connectivity index (χ0n) is 11.2. The summed E-state index contributed by atoms with van der Waals surface area (Å²) < 4.78 is 17.5. The summed E-state index contributed by atoms with van der Waals surface area (Å²) in [5.74, 6) is 0.551. The van der Waals surface area contributed by atoms with Crippen molar-refractivity contribution >= 4 is 33.3 Å². The maximum Gasteiger partial charge on any atom is 0.140 e. The van der Waals surface area contributed by atoms with Crippen LogP contribution < -0.4 is 4.74 Å². The first-order valence-electron chi connectivity index (χ1n) is 5.74. The van der Waals surface area contributed by atoms with E-state index in [4.69, 9.17) is 16.3 Å². The molecule has 0 fully saturated rings. The van der Waals surface area contributed by atoms with Crippen LogP contribution in [0.1, 0.15) is 20.8 Å². The second-order valence-corrected chi connectivity index (χ2v) is 7.63. The third-order valence-corrected chi connectivity index (χ3v) is 4.76. The van der Waals surface area contributed by atoms with E-state index < -0.39 is 10.8 Å². The summed E-state index contributed by atoms with van der Waals surface area (Å²) in [5, 5.41) is 1.03. The number of nitrogens with zero attached hydrogens (tertiary/aromatic N) is 2. The molecule has 1 atom stereocenters. The number of ether oxygens (including phenoxy) is 1. The first-order chi connectivity index (χ1) is 8.84. The van der Waals surface area contributed by atoms with E-state index in [9.17, 15) is 4.21 Å². The van der Waals surface area contributed by atoms with Crippen molar-refractivity contribution in [1.29, 1.82) is 0 Å². The van der Waals surface area contributed by atoms with Gasteiger partial charge in [0.15, 0.2) is 0 Å². The molecule has 0 radical (unpaired) electrons. The van der Waals surface area contributed by atoms with E-state index in [1.54, 1.807) is 19.2 Å². The first-order valence-corrected chi connectivity index (χ1v) is 7.27. The van der Waals surface area contributed by atoms with Crippen molar-refractivity contribution < 1.29 is 8.95 Å². The van der Waals surface area contributed by atoms with Crippen LogP contribution in [0.25, 0.3) is 10.9 Å². The van der Waals surface area contributed by atoms with Gasteiger partial charge in [0.2, 0.25) is 0 Å². The summed E-state index contributed by atoms with van der Waals surface area (Å²) in [6.45, 7) is 5.74. The van der Waals surface area contributed by atoms with Crippen LogP contribution in [0.4, 0.5) is 0 Å². The second kappa shape index (κ2) is 5.06. The monoisotopic (exact) mass is 298 g/mol. The van der Waals surface area contributed by atoms with Crippen LogP contribution in [0.15, 0.2) is 23.4 Å². The van der Waals surface area contributed by atoms with Gasteiger partial charge in [-0.05, 0) is 26.8 Å². The molecule has 0 amide bonds. The number of benzene rings is 1. The lowest BCUT2D eigenvalue weighted by Gasteiger charge is -2.20. The van der Waals surface area contributed by atoms with Crippen LogP contribution in [0.5, 0.6) is 5.75 Å². The lowest BCUT2D eigenvalue weighted by molar-refractivity contribution is 0.404. The van der Waals surface area contributed by atoms with Crippen molar-refractivity contribution in [2.75, 3.05) is 7.11 Å². The molecule has 0 bridgehead atoms. The van der Waals surface area contributed by atoms with Crippen LogP contribution in [-0.4, -0.2) is 26.0 Å². The molecule has 2 rings (SSSR count). The Morgan fingerprint density at radius 2 is 1.95 bits per heavy atom. The Labute approximate surface area is 119 Å². The molecular weight excluding hydrogens is 284 g/mol. The van der Waals surface area contributed by atoms with Gasteiger partial charge in [-0.2, -0.15) is 0 Å². The molecule has 1 aromatic heterocycles. The summed E-state index contributed by atoms with van der Waals surface area (Å²) in [7, 11) is 0.333. The molecule has 0 aliphatic carbocycles. The summed E-state index contributed by atoms with van der Waals surface area (Å²) >= 11 is 6.05. The molecule has 0 saturated heterocycles. The number of rotatable bonds is 2. The SMILES string of the molecule is COc1cc2ncnc(Cl)c2cc1S(=O)C(C)(C)C. The van der Waals surface area contributed by atoms with Crippen molar-refractivity contribution in [1.82, 2.24) is 9.97 Å². The number of methoxy groups -OCH3 is 1. The van der Waals surface area contributed by atoms with Crippen LogP contribution in [0.2, 0.25) is 5.15 Å². The fourth-order valence-electron chi connectivity index (χ4n) is 1.67. The number of fused-ring (bicyclic) bond motifs is 1. The van der Waals surface area contributed by atoms with E-state index >= 15 is 0 Å². The van der Waals surface area contributed by atoms with Crippen LogP contribution in [0, 0.1) is 0 Å². The molecule has 19 heavy (non-hydrogen) atoms. The molecule has 0 aliphatic rings. The molecule has 6 heteroatoms. The van der Waals surface area contributed by atoms with Gasteiger partial charge in [-0.25, -0.2) is 9.97 Å². The Hall–Kier alpha value is -1.20. The lowest BCUT2D eigenvalue weighted by Crippen LogP contribution is -2.22. The Kier molecular flexibility index (Phi) is 3.78. The number of hydrogen-bond donors (Lipinski definition) is 0. The summed E-state index contributed by atoms with van der Waals surface area (Å²) in [4.78, 5) is 8.69. The highest BCUT2D eigenvalue weighted by Crippen LogP contribution is 2.33. The molecule has 0 saturated carbocycles. The number of hydrogen-bond acceptors (Lipinski definition) is 4. The van der Waals surface area contributed by atoms with Gasteiger partial charge < -0.3 is 4.74 Å². The van der Waals surface area contributed by atoms with E-state index in [1.807, 2.05) is 20.8 Å². The van der Waals surface area contributed by atoms with Crippen molar-refractivity contribution in [2.24, 2.45) is 0 Å². The normalized spacial score (nSPS) is 13.5. The zero-order valence-corrected chi connectivity index (χ0v) is 12.8. The predicted molar refractivity (Wildman–Crippen MR) is 77.3 cm³/mol. The molecule has 102 valence electrons. The molecule has 4 nitrogen and oxygen atoms in total. The summed E-state index contributed by atoms with van der Waals surface area (Å²) in [6.07, 6.45) is 1.39. The molecular formula is C13H15ClN2O2S. The smallest absolute Gasteiger partial charge is 0.140 e. The van der Waals surface area contributed by atoms with Crippen LogP contribution in [-0.2, 0) is 10.8 Å². The van der Waals surface area contributed by atoms with Gasteiger partial charge in [0, 0.05) is 16.2 Å². The first kappa shape index (κ1) is 14.2. The second-order valence-electron chi connectivity index (χ2n) is 5.07. The highest BCUT2D eigenvalue weighted by atomic mass is 35.5. The predicted octanol–water partition coefficient (Wildman–Crippen LogP) is 3.20. The van der Waals surface area contributed by atoms with E-state index in [-0.39, 0.29) is 4.75 Å². The maximum absolute atomic E-state index is 12.5. The van der Waals surface area contributed by atoms with Gasteiger partial charge in [0.25, 0.3) is 0 Å². The standard InChI is InChI=1S/C13H15ClN2O2S/c1-13(2,3)19(17)11-5-8-9(6-10(11)18-4)15-7-16-12(8)14/h5-7H,1-4H3. The quantitative estimate of drug-likeness (QED) is 0.799. The Bertz CT molecular complexity index is 653. The van der Waals surface area contributed by atoms with Gasteiger partial charge in [-0.15, -0.1) is 0 Å². The maximum atomic E-state index is 12.5. The third kappa shape index (κ3) is 2.72. The van der Waals surface area contributed by atoms with Crippen molar-refractivity contribution in [2.45, 2.75) is 30.4 Å². The van der Waals surface area contributed by atoms with E-state index in [2.05, 4.69) is 9.97 Å². The van der Waals surface area contributed by atoms with Gasteiger partial charge in [0.05, 0.1) is 28.3 Å². The molecule has 1 aromatic carbocycles. The van der Waals surface area contributed by atoms with Crippen molar-refractivity contribution in [3.05, 3.63) is 23.6 Å². The van der Waals surface area contributed by atoms with Gasteiger partial charge >= 0.3 is 0 Å². The Balaban J connectivity index is 2.73. The molecule has 0 N–H and O–H groups in total. The molecule has 0 aliphatic heterocycles. The third-order valence-electron chi connectivity index (χ3n) is 2.63. The van der Waals surface area contributed by atoms with E-state index in [1.165, 1.54) is 6.33 Å². The largest absolute Gasteiger partial charge is 0.495 e. The van der Waals surface area contributed by atoms with Crippen molar-refractivity contribution in [3.63, 3.8) is 0 Å². The minimum atomic E-state index is -1.22. The van der Waals surface area contributed by atoms with Crippen LogP contribution in [0.3, 0.4) is 0 Å². The van der Waals surface area contributed by atoms with E-state index in [0.29, 0.717) is 26.7 Å². The fourth-order valence-corrected chi connectivity index (χ4v) is 3.07. The minimum absolute atomic E-state index is 0.347. The summed E-state index contributed by atoms with van der Waals surface area (Å²) in [6, 6.07) is 3.49. The molecule has 1 unspecified atom stereocenters. The Morgan fingerprint density at radius 3 is 2.53 bits per heavy atom. The Morgan fingerprint density at radius 1 is 1.26 bits per heavy atom. The molecule has 0 spiro atoms. The average molecular weight is 299 g/mol. The van der Waals surface area contributed by atoms with Gasteiger partial charge in [-0.3, -0.25) is 4.21 Å². The van der Waals surface area contributed by atoms with Crippen LogP contribution >= 0.6 is 11.6 Å². The van der Waals surface area contributed by atoms with E-state index in [0.717, 1.165) is 0 Å². The molecule has 1 heterocycles. The summed E-state index contributed by atoms with van der Waals surface area (Å²) in [5.41, 5.74) is 0.673. The number of halogens is 1. The highest BCUT2D eigenvalue weighted by Gasteiger charge is 2.25. The minimum Gasteiger partial charge on any atom is -0.495 e. The highest BCUT2D eigenvalue weighted by molar-refractivity contribution is 7.86. The zero-order chi connectivity index (χ0) is 14.2. The van der Waals surface area contributed by atoms with Gasteiger partial charge in [0.1, 0.15) is 17.2 Å².